The number of nitrogens with zero attached hydrogens (tertiary/aromatic N) is 2. The van der Waals surface area contributed by atoms with Crippen molar-refractivity contribution in [2.75, 3.05) is 23.9 Å². The molecule has 0 spiro atoms. The quantitative estimate of drug-likeness (QED) is 0.772. The third kappa shape index (κ3) is 5.23. The van der Waals surface area contributed by atoms with Gasteiger partial charge in [-0.1, -0.05) is 29.6 Å². The van der Waals surface area contributed by atoms with E-state index in [4.69, 9.17) is 23.2 Å². The molecule has 1 aromatic rings. The van der Waals surface area contributed by atoms with Gasteiger partial charge < -0.3 is 5.32 Å². The molecule has 0 bridgehead atoms. The molecule has 16 heavy (non-hydrogen) atoms. The number of thioether (sulfide) groups is 1. The van der Waals surface area contributed by atoms with Crippen molar-refractivity contribution in [3.05, 3.63) is 16.4 Å². The van der Waals surface area contributed by atoms with Gasteiger partial charge in [-0.15, -0.1) is 10.2 Å². The minimum Gasteiger partial charge on any atom is -0.382 e. The van der Waals surface area contributed by atoms with Crippen LogP contribution in [0.5, 0.6) is 0 Å². The van der Waals surface area contributed by atoms with Crippen LogP contribution in [-0.2, 0) is 0 Å². The second kappa shape index (κ2) is 7.98. The van der Waals surface area contributed by atoms with Crippen LogP contribution in [0.25, 0.3) is 0 Å². The lowest BCUT2D eigenvalue weighted by molar-refractivity contribution is 0.749. The maximum absolute atomic E-state index is 5.86. The molecule has 90 valence electrons. The molecule has 0 aliphatic carbocycles. The minimum atomic E-state index is 0.356. The van der Waals surface area contributed by atoms with E-state index in [2.05, 4.69) is 21.8 Å². The van der Waals surface area contributed by atoms with Gasteiger partial charge in [-0.2, -0.15) is 11.8 Å². The summed E-state index contributed by atoms with van der Waals surface area (Å²) in [6, 6.07) is 1.69. The third-order valence-corrected chi connectivity index (χ3v) is 3.22. The van der Waals surface area contributed by atoms with Crippen LogP contribution in [0, 0.1) is 0 Å². The van der Waals surface area contributed by atoms with E-state index in [0.29, 0.717) is 10.3 Å². The summed E-state index contributed by atoms with van der Waals surface area (Å²) in [4.78, 5) is 0. The first kappa shape index (κ1) is 13.9. The first-order valence-corrected chi connectivity index (χ1v) is 7.30. The Morgan fingerprint density at radius 3 is 2.81 bits per heavy atom. The molecule has 3 nitrogen and oxygen atoms in total. The summed E-state index contributed by atoms with van der Waals surface area (Å²) in [7, 11) is 0. The molecule has 1 rings (SSSR count). The molecule has 0 aliphatic rings. The van der Waals surface area contributed by atoms with Gasteiger partial charge >= 0.3 is 0 Å². The van der Waals surface area contributed by atoms with E-state index >= 15 is 0 Å². The second-order valence-corrected chi connectivity index (χ2v) is 5.08. The zero-order valence-electron chi connectivity index (χ0n) is 9.17. The molecule has 1 aromatic heterocycles. The number of rotatable bonds is 7. The summed E-state index contributed by atoms with van der Waals surface area (Å²) in [5.74, 6) is 1.23. The number of halogens is 2. The van der Waals surface area contributed by atoms with Crippen LogP contribution in [0.2, 0.25) is 10.3 Å². The van der Waals surface area contributed by atoms with Crippen LogP contribution in [0.15, 0.2) is 6.07 Å². The second-order valence-electron chi connectivity index (χ2n) is 3.35. The van der Waals surface area contributed by atoms with Gasteiger partial charge in [0, 0.05) is 12.6 Å². The zero-order chi connectivity index (χ0) is 11.8. The monoisotopic (exact) mass is 279 g/mol. The van der Waals surface area contributed by atoms with Gasteiger partial charge in [0.15, 0.2) is 10.3 Å². The Morgan fingerprint density at radius 1 is 1.25 bits per heavy atom. The van der Waals surface area contributed by atoms with E-state index in [1.165, 1.54) is 18.6 Å². The summed E-state index contributed by atoms with van der Waals surface area (Å²) in [6.45, 7) is 0.885. The number of hydrogen-bond acceptors (Lipinski definition) is 4. The molecule has 1 heterocycles. The van der Waals surface area contributed by atoms with E-state index in [9.17, 15) is 0 Å². The molecule has 0 atom stereocenters. The van der Waals surface area contributed by atoms with Crippen LogP contribution in [0.1, 0.15) is 19.3 Å². The van der Waals surface area contributed by atoms with E-state index in [1.807, 2.05) is 11.8 Å². The smallest absolute Gasteiger partial charge is 0.174 e. The summed E-state index contributed by atoms with van der Waals surface area (Å²) >= 11 is 13.5. The normalized spacial score (nSPS) is 10.4. The van der Waals surface area contributed by atoms with Crippen LogP contribution in [0.4, 0.5) is 5.69 Å². The number of unbranched alkanes of at least 4 members (excludes halogenated alkanes) is 2. The Balaban J connectivity index is 2.23. The highest BCUT2D eigenvalue weighted by atomic mass is 35.5. The first-order valence-electron chi connectivity index (χ1n) is 5.15. The fraction of sp³-hybridized carbons (Fsp3) is 0.600. The molecule has 6 heteroatoms. The Kier molecular flexibility index (Phi) is 6.92. The Bertz CT molecular complexity index is 323. The third-order valence-electron chi connectivity index (χ3n) is 2.06. The SMILES string of the molecule is CSCCCCCNc1cc(Cl)nnc1Cl. The fourth-order valence-electron chi connectivity index (χ4n) is 1.25. The highest BCUT2D eigenvalue weighted by molar-refractivity contribution is 7.98. The number of anilines is 1. The molecule has 0 fully saturated rings. The molecule has 0 unspecified atom stereocenters. The summed E-state index contributed by atoms with van der Waals surface area (Å²) in [5.41, 5.74) is 0.756. The number of hydrogen-bond donors (Lipinski definition) is 1. The number of aromatic nitrogens is 2. The maximum Gasteiger partial charge on any atom is 0.174 e. The molecular formula is C10H15Cl2N3S. The predicted molar refractivity (Wildman–Crippen MR) is 72.8 cm³/mol. The van der Waals surface area contributed by atoms with Crippen LogP contribution >= 0.6 is 35.0 Å². The summed E-state index contributed by atoms with van der Waals surface area (Å²) < 4.78 is 0. The number of nitrogens with one attached hydrogen (secondary N) is 1. The Labute approximate surface area is 110 Å². The van der Waals surface area contributed by atoms with Crippen LogP contribution in [0.3, 0.4) is 0 Å². The van der Waals surface area contributed by atoms with Crippen molar-refractivity contribution in [2.45, 2.75) is 19.3 Å². The van der Waals surface area contributed by atoms with Crippen LogP contribution in [-0.4, -0.2) is 28.8 Å². The van der Waals surface area contributed by atoms with Crippen molar-refractivity contribution in [1.29, 1.82) is 0 Å². The molecule has 0 saturated heterocycles. The standard InChI is InChI=1S/C10H15Cl2N3S/c1-16-6-4-2-3-5-13-8-7-9(11)14-15-10(8)12/h7H,2-6H2,1H3,(H,13,14). The van der Waals surface area contributed by atoms with E-state index in [-0.39, 0.29) is 0 Å². The summed E-state index contributed by atoms with van der Waals surface area (Å²) in [5, 5.41) is 11.3. The molecule has 0 radical (unpaired) electrons. The van der Waals surface area contributed by atoms with Gasteiger partial charge in [-0.3, -0.25) is 0 Å². The highest BCUT2D eigenvalue weighted by Crippen LogP contribution is 2.20. The van der Waals surface area contributed by atoms with Gasteiger partial charge in [0.05, 0.1) is 5.69 Å². The summed E-state index contributed by atoms with van der Waals surface area (Å²) in [6.07, 6.45) is 5.73. The lowest BCUT2D eigenvalue weighted by Crippen LogP contribution is -2.03. The predicted octanol–water partition coefficient (Wildman–Crippen LogP) is 3.73. The van der Waals surface area contributed by atoms with Crippen molar-refractivity contribution >= 4 is 40.7 Å². The van der Waals surface area contributed by atoms with Crippen molar-refractivity contribution in [3.8, 4) is 0 Å². The van der Waals surface area contributed by atoms with Crippen molar-refractivity contribution in [1.82, 2.24) is 10.2 Å². The molecule has 0 aliphatic heterocycles. The largest absolute Gasteiger partial charge is 0.382 e. The Morgan fingerprint density at radius 2 is 2.06 bits per heavy atom. The van der Waals surface area contributed by atoms with Gasteiger partial charge in [-0.25, -0.2) is 0 Å². The van der Waals surface area contributed by atoms with Crippen molar-refractivity contribution < 1.29 is 0 Å². The van der Waals surface area contributed by atoms with Crippen molar-refractivity contribution in [2.24, 2.45) is 0 Å². The topological polar surface area (TPSA) is 37.8 Å². The fourth-order valence-corrected chi connectivity index (χ4v) is 2.05. The van der Waals surface area contributed by atoms with E-state index in [0.717, 1.165) is 18.7 Å². The lowest BCUT2D eigenvalue weighted by atomic mass is 10.2. The van der Waals surface area contributed by atoms with E-state index < -0.39 is 0 Å². The molecule has 0 saturated carbocycles. The molecule has 0 amide bonds. The van der Waals surface area contributed by atoms with Gasteiger partial charge in [0.2, 0.25) is 0 Å². The first-order chi connectivity index (χ1) is 7.74. The average Bonchev–Trinajstić information content (AvgIpc) is 2.28. The average molecular weight is 280 g/mol. The Hall–Kier alpha value is -0.190. The molecular weight excluding hydrogens is 265 g/mol. The molecule has 0 aromatic carbocycles. The minimum absolute atomic E-state index is 0.356. The van der Waals surface area contributed by atoms with E-state index in [1.54, 1.807) is 6.07 Å². The highest BCUT2D eigenvalue weighted by Gasteiger charge is 2.02. The van der Waals surface area contributed by atoms with Crippen LogP contribution < -0.4 is 5.32 Å². The van der Waals surface area contributed by atoms with Gasteiger partial charge in [0.1, 0.15) is 0 Å². The zero-order valence-corrected chi connectivity index (χ0v) is 11.5. The van der Waals surface area contributed by atoms with Gasteiger partial charge in [0.25, 0.3) is 0 Å². The lowest BCUT2D eigenvalue weighted by Gasteiger charge is -2.07. The molecule has 1 N–H and O–H groups in total. The van der Waals surface area contributed by atoms with Crippen molar-refractivity contribution in [3.63, 3.8) is 0 Å². The maximum atomic E-state index is 5.86. The van der Waals surface area contributed by atoms with Gasteiger partial charge in [-0.05, 0) is 24.9 Å².